The zero-order valence-corrected chi connectivity index (χ0v) is 22.9. The number of aromatic nitrogens is 2. The minimum absolute atomic E-state index is 0.0481. The van der Waals surface area contributed by atoms with Crippen molar-refractivity contribution in [2.24, 2.45) is 0 Å². The van der Waals surface area contributed by atoms with Gasteiger partial charge in [-0.15, -0.1) is 0 Å². The van der Waals surface area contributed by atoms with Crippen LogP contribution < -0.4 is 5.32 Å². The van der Waals surface area contributed by atoms with E-state index in [4.69, 9.17) is 4.42 Å². The summed E-state index contributed by atoms with van der Waals surface area (Å²) in [6.07, 6.45) is 3.45. The lowest BCUT2D eigenvalue weighted by molar-refractivity contribution is -0.122. The standard InChI is InChI=1S/C31H35N5O3/c1-31(2,3)30-34-25-19-33-18-24(28(25)39-30)29(38)35-15-16-36(23(20-35)17-26(37)32-4)27(21-11-7-5-8-12-21)22-13-9-6-10-14-22/h5-14,18-19,23,27H,15-17,20H2,1-4H3,(H,32,37)/t23-/m1/s1. The maximum atomic E-state index is 13.9. The number of pyridine rings is 1. The molecule has 1 aliphatic rings. The number of oxazole rings is 1. The van der Waals surface area contributed by atoms with E-state index < -0.39 is 0 Å². The van der Waals surface area contributed by atoms with E-state index in [1.807, 2.05) is 62.1 Å². The average molecular weight is 526 g/mol. The van der Waals surface area contributed by atoms with Crippen LogP contribution in [0.3, 0.4) is 0 Å². The predicted molar refractivity (Wildman–Crippen MR) is 150 cm³/mol. The zero-order valence-electron chi connectivity index (χ0n) is 22.9. The SMILES string of the molecule is CNC(=O)C[C@@H]1CN(C(=O)c2cncc3nc(C(C)(C)C)oc23)CCN1C(c1ccccc1)c1ccccc1. The van der Waals surface area contributed by atoms with Crippen LogP contribution in [0.1, 0.15) is 60.6 Å². The van der Waals surface area contributed by atoms with Gasteiger partial charge in [0.1, 0.15) is 11.1 Å². The van der Waals surface area contributed by atoms with E-state index in [2.05, 4.69) is 44.5 Å². The maximum Gasteiger partial charge on any atom is 0.259 e. The number of nitrogens with zero attached hydrogens (tertiary/aromatic N) is 4. The van der Waals surface area contributed by atoms with Crippen LogP contribution in [0.15, 0.2) is 77.5 Å². The molecular formula is C31H35N5O3. The van der Waals surface area contributed by atoms with E-state index >= 15 is 0 Å². The van der Waals surface area contributed by atoms with Gasteiger partial charge in [-0.2, -0.15) is 0 Å². The highest BCUT2D eigenvalue weighted by Gasteiger charge is 2.37. The summed E-state index contributed by atoms with van der Waals surface area (Å²) in [5.74, 6) is 0.339. The first-order valence-electron chi connectivity index (χ1n) is 13.4. The van der Waals surface area contributed by atoms with Gasteiger partial charge in [0.05, 0.1) is 12.2 Å². The number of hydrogen-bond acceptors (Lipinski definition) is 6. The van der Waals surface area contributed by atoms with Crippen molar-refractivity contribution in [3.05, 3.63) is 95.6 Å². The van der Waals surface area contributed by atoms with Gasteiger partial charge in [-0.1, -0.05) is 81.4 Å². The summed E-state index contributed by atoms with van der Waals surface area (Å²) < 4.78 is 6.09. The van der Waals surface area contributed by atoms with Crippen LogP contribution in [0, 0.1) is 0 Å². The van der Waals surface area contributed by atoms with Crippen molar-refractivity contribution in [2.45, 2.75) is 44.7 Å². The van der Waals surface area contributed by atoms with E-state index in [0.717, 1.165) is 11.1 Å². The van der Waals surface area contributed by atoms with Crippen LogP contribution in [0.2, 0.25) is 0 Å². The molecule has 0 unspecified atom stereocenters. The number of rotatable bonds is 6. The van der Waals surface area contributed by atoms with Crippen molar-refractivity contribution >= 4 is 22.9 Å². The van der Waals surface area contributed by atoms with Crippen molar-refractivity contribution in [3.63, 3.8) is 0 Å². The molecule has 2 aromatic carbocycles. The number of fused-ring (bicyclic) bond motifs is 1. The maximum absolute atomic E-state index is 13.9. The molecule has 8 heteroatoms. The Morgan fingerprint density at radius 1 is 1.00 bits per heavy atom. The van der Waals surface area contributed by atoms with Crippen LogP contribution in [0.25, 0.3) is 11.1 Å². The molecule has 0 radical (unpaired) electrons. The van der Waals surface area contributed by atoms with Crippen molar-refractivity contribution in [2.75, 3.05) is 26.7 Å². The highest BCUT2D eigenvalue weighted by atomic mass is 16.4. The number of piperazine rings is 1. The van der Waals surface area contributed by atoms with E-state index in [1.165, 1.54) is 0 Å². The second-order valence-corrected chi connectivity index (χ2v) is 11.0. The van der Waals surface area contributed by atoms with Gasteiger partial charge < -0.3 is 14.6 Å². The molecule has 2 aromatic heterocycles. The largest absolute Gasteiger partial charge is 0.439 e. The number of amides is 2. The third-order valence-electron chi connectivity index (χ3n) is 7.25. The van der Waals surface area contributed by atoms with Crippen LogP contribution >= 0.6 is 0 Å². The molecule has 0 bridgehead atoms. The van der Waals surface area contributed by atoms with E-state index in [-0.39, 0.29) is 35.7 Å². The first-order chi connectivity index (χ1) is 18.8. The van der Waals surface area contributed by atoms with Gasteiger partial charge >= 0.3 is 0 Å². The van der Waals surface area contributed by atoms with Gasteiger partial charge in [-0.05, 0) is 11.1 Å². The monoisotopic (exact) mass is 525 g/mol. The van der Waals surface area contributed by atoms with Crippen LogP contribution in [0.5, 0.6) is 0 Å². The summed E-state index contributed by atoms with van der Waals surface area (Å²) in [4.78, 5) is 39.6. The fourth-order valence-electron chi connectivity index (χ4n) is 5.23. The lowest BCUT2D eigenvalue weighted by atomic mass is 9.93. The highest BCUT2D eigenvalue weighted by molar-refractivity contribution is 6.03. The Labute approximate surface area is 229 Å². The number of hydrogen-bond donors (Lipinski definition) is 1. The number of carbonyl (C=O) groups is 2. The Kier molecular flexibility index (Phi) is 7.48. The third kappa shape index (κ3) is 5.56. The van der Waals surface area contributed by atoms with Gasteiger partial charge in [-0.25, -0.2) is 4.98 Å². The third-order valence-corrected chi connectivity index (χ3v) is 7.25. The molecule has 1 N–H and O–H groups in total. The Hall–Kier alpha value is -4.04. The van der Waals surface area contributed by atoms with Gasteiger partial charge in [0.15, 0.2) is 5.58 Å². The second-order valence-electron chi connectivity index (χ2n) is 11.0. The molecule has 0 spiro atoms. The molecule has 3 heterocycles. The highest BCUT2D eigenvalue weighted by Crippen LogP contribution is 2.34. The quantitative estimate of drug-likeness (QED) is 0.397. The molecule has 1 fully saturated rings. The Balaban J connectivity index is 1.48. The molecule has 1 atom stereocenters. The molecule has 39 heavy (non-hydrogen) atoms. The van der Waals surface area contributed by atoms with Crippen molar-refractivity contribution in [3.8, 4) is 0 Å². The van der Waals surface area contributed by atoms with Crippen LogP contribution in [-0.4, -0.2) is 64.3 Å². The van der Waals surface area contributed by atoms with Crippen molar-refractivity contribution in [1.82, 2.24) is 25.1 Å². The number of nitrogens with one attached hydrogen (secondary N) is 1. The van der Waals surface area contributed by atoms with Crippen molar-refractivity contribution in [1.29, 1.82) is 0 Å². The Morgan fingerprint density at radius 3 is 2.23 bits per heavy atom. The molecule has 5 rings (SSSR count). The first-order valence-corrected chi connectivity index (χ1v) is 13.4. The molecule has 8 nitrogen and oxygen atoms in total. The molecular weight excluding hydrogens is 490 g/mol. The van der Waals surface area contributed by atoms with Crippen LogP contribution in [-0.2, 0) is 10.2 Å². The van der Waals surface area contributed by atoms with E-state index in [9.17, 15) is 9.59 Å². The Morgan fingerprint density at radius 2 is 1.64 bits per heavy atom. The summed E-state index contributed by atoms with van der Waals surface area (Å²) in [6.45, 7) is 7.57. The summed E-state index contributed by atoms with van der Waals surface area (Å²) in [6, 6.07) is 20.4. The van der Waals surface area contributed by atoms with E-state index in [1.54, 1.807) is 19.4 Å². The zero-order chi connectivity index (χ0) is 27.6. The summed E-state index contributed by atoms with van der Waals surface area (Å²) >= 11 is 0. The van der Waals surface area contributed by atoms with Gasteiger partial charge in [0.2, 0.25) is 11.8 Å². The predicted octanol–water partition coefficient (Wildman–Crippen LogP) is 4.57. The Bertz CT molecular complexity index is 1410. The number of carbonyl (C=O) groups excluding carboxylic acids is 2. The molecule has 1 aliphatic heterocycles. The average Bonchev–Trinajstić information content (AvgIpc) is 3.40. The fourth-order valence-corrected chi connectivity index (χ4v) is 5.23. The summed E-state index contributed by atoms with van der Waals surface area (Å²) in [7, 11) is 1.65. The number of benzene rings is 2. The van der Waals surface area contributed by atoms with Gasteiger partial charge in [-0.3, -0.25) is 19.5 Å². The summed E-state index contributed by atoms with van der Waals surface area (Å²) in [5.41, 5.74) is 3.42. The second kappa shape index (κ2) is 11.0. The smallest absolute Gasteiger partial charge is 0.259 e. The van der Waals surface area contributed by atoms with Crippen molar-refractivity contribution < 1.29 is 14.0 Å². The van der Waals surface area contributed by atoms with Gasteiger partial charge in [0.25, 0.3) is 5.91 Å². The normalized spacial score (nSPS) is 16.5. The minimum Gasteiger partial charge on any atom is -0.439 e. The molecule has 0 saturated carbocycles. The topological polar surface area (TPSA) is 91.6 Å². The minimum atomic E-state index is -0.298. The molecule has 2 amide bonds. The van der Waals surface area contributed by atoms with E-state index in [0.29, 0.717) is 42.2 Å². The lowest BCUT2D eigenvalue weighted by Gasteiger charge is -2.45. The van der Waals surface area contributed by atoms with Gasteiger partial charge in [0, 0.05) is 50.8 Å². The summed E-state index contributed by atoms with van der Waals surface area (Å²) in [5, 5.41) is 2.77. The molecule has 4 aromatic rings. The molecule has 0 aliphatic carbocycles. The first kappa shape index (κ1) is 26.6. The van der Waals surface area contributed by atoms with Crippen LogP contribution in [0.4, 0.5) is 0 Å². The fraction of sp³-hybridized carbons (Fsp3) is 0.355. The molecule has 202 valence electrons. The molecule has 1 saturated heterocycles. The lowest BCUT2D eigenvalue weighted by Crippen LogP contribution is -2.56.